The van der Waals surface area contributed by atoms with Crippen LogP contribution < -0.4 is 5.32 Å². The molecule has 0 aliphatic rings. The topological polar surface area (TPSA) is 12.0 Å². The Hall–Kier alpha value is 1.02. The van der Waals surface area contributed by atoms with Gasteiger partial charge in [0.2, 0.25) is 0 Å². The van der Waals surface area contributed by atoms with Crippen LogP contribution in [0.2, 0.25) is 0 Å². The molecular formula is C6H15ClMgN+2. The van der Waals surface area contributed by atoms with E-state index < -0.39 is 0 Å². The van der Waals surface area contributed by atoms with Crippen molar-refractivity contribution in [1.82, 2.24) is 5.32 Å². The number of halogens is 1. The molecule has 0 saturated heterocycles. The highest BCUT2D eigenvalue weighted by atomic mass is 35.5. The van der Waals surface area contributed by atoms with Gasteiger partial charge in [0.25, 0.3) is 0 Å². The molecule has 0 aromatic carbocycles. The molecule has 0 aromatic heterocycles. The highest BCUT2D eigenvalue weighted by Gasteiger charge is 2.16. The van der Waals surface area contributed by atoms with Crippen molar-refractivity contribution in [2.24, 2.45) is 0 Å². The van der Waals surface area contributed by atoms with Gasteiger partial charge in [-0.1, -0.05) is 27.7 Å². The summed E-state index contributed by atoms with van der Waals surface area (Å²) in [6.07, 6.45) is 0. The molecule has 1 nitrogen and oxygen atoms in total. The van der Waals surface area contributed by atoms with Gasteiger partial charge in [0.1, 0.15) is 0 Å². The molecule has 0 bridgehead atoms. The maximum Gasteiger partial charge on any atom is 1.59 e. The van der Waals surface area contributed by atoms with E-state index in [4.69, 9.17) is 0 Å². The van der Waals surface area contributed by atoms with Crippen molar-refractivity contribution in [1.29, 1.82) is 0 Å². The Labute approximate surface area is 74.8 Å². The lowest BCUT2D eigenvalue weighted by Gasteiger charge is -2.10. The zero-order chi connectivity index (χ0) is 7.86. The zero-order valence-corrected chi connectivity index (χ0v) is 8.91. The summed E-state index contributed by atoms with van der Waals surface area (Å²) in [7, 11) is 4.67. The van der Waals surface area contributed by atoms with Gasteiger partial charge in [0, 0.05) is 12.1 Å². The second-order valence-corrected chi connectivity index (χ2v) is 2.48. The quantitative estimate of drug-likeness (QED) is 0.607. The van der Waals surface area contributed by atoms with E-state index in [1.54, 1.807) is 0 Å². The van der Waals surface area contributed by atoms with Crippen LogP contribution in [0, 0.1) is 0 Å². The first-order valence-electron chi connectivity index (χ1n) is 3.15. The molecule has 0 rings (SSSR count). The number of hydrogen-bond donors (Lipinski definition) is 1. The van der Waals surface area contributed by atoms with Crippen LogP contribution in [-0.2, 0) is 0 Å². The van der Waals surface area contributed by atoms with Crippen molar-refractivity contribution in [3.8, 4) is 0 Å². The van der Waals surface area contributed by atoms with E-state index in [9.17, 15) is 0 Å². The highest BCUT2D eigenvalue weighted by molar-refractivity contribution is 6.80. The zero-order valence-electron chi connectivity index (χ0n) is 6.74. The summed E-state index contributed by atoms with van der Waals surface area (Å²) < 4.78 is 0. The molecule has 0 saturated carbocycles. The van der Waals surface area contributed by atoms with Gasteiger partial charge >= 0.3 is 29.7 Å². The minimum Gasteiger partial charge on any atom is -0.312 e. The lowest BCUT2D eigenvalue weighted by Crippen LogP contribution is -2.29. The van der Waals surface area contributed by atoms with Crippen LogP contribution in [0.3, 0.4) is 0 Å². The third-order valence-electron chi connectivity index (χ3n) is 0.667. The highest BCUT2D eigenvalue weighted by Crippen LogP contribution is 1.80. The number of hydrogen-bond acceptors (Lipinski definition) is 1. The molecule has 51 valence electrons. The summed E-state index contributed by atoms with van der Waals surface area (Å²) >= 11 is 1.33. The van der Waals surface area contributed by atoms with Gasteiger partial charge in [-0.3, -0.25) is 0 Å². The molecule has 0 spiro atoms. The van der Waals surface area contributed by atoms with Crippen molar-refractivity contribution < 1.29 is 0 Å². The monoisotopic (exact) mass is 160 g/mol. The third kappa shape index (κ3) is 17.6. The van der Waals surface area contributed by atoms with Crippen LogP contribution in [0.25, 0.3) is 0 Å². The fourth-order valence-corrected chi connectivity index (χ4v) is 0.667. The first-order chi connectivity index (χ1) is 4.13. The molecule has 7 radical (unpaired) electrons. The summed E-state index contributed by atoms with van der Waals surface area (Å²) in [6, 6.07) is 1.25. The van der Waals surface area contributed by atoms with Crippen molar-refractivity contribution >= 4 is 29.7 Å². The molecule has 3 heteroatoms. The van der Waals surface area contributed by atoms with E-state index in [0.29, 0.717) is 12.1 Å². The molecule has 0 aromatic rings. The van der Waals surface area contributed by atoms with Crippen molar-refractivity contribution in [3.05, 3.63) is 0 Å². The van der Waals surface area contributed by atoms with E-state index in [0.717, 1.165) is 0 Å². The standard InChI is InChI=1S/C6H15N.ClH.Mg/c1-5(2)7-6(3)4;;/h5-7H,1-4H3;1H;/q;;+3/p-1. The van der Waals surface area contributed by atoms with Crippen LogP contribution in [0.4, 0.5) is 0 Å². The van der Waals surface area contributed by atoms with Crippen molar-refractivity contribution in [3.63, 3.8) is 0 Å². The Morgan fingerprint density at radius 3 is 1.22 bits per heavy atom. The van der Waals surface area contributed by atoms with Crippen LogP contribution >= 0.6 is 9.07 Å². The summed E-state index contributed by atoms with van der Waals surface area (Å²) in [5.74, 6) is 0. The van der Waals surface area contributed by atoms with Crippen molar-refractivity contribution in [2.45, 2.75) is 39.8 Å². The lowest BCUT2D eigenvalue weighted by atomic mass is 10.3. The number of nitrogens with one attached hydrogen (secondary N) is 1. The maximum absolute atomic E-state index is 4.67. The second kappa shape index (κ2) is 9.02. The van der Waals surface area contributed by atoms with Gasteiger partial charge in [-0.25, -0.2) is 0 Å². The van der Waals surface area contributed by atoms with E-state index in [1.807, 2.05) is 0 Å². The summed E-state index contributed by atoms with van der Waals surface area (Å²) in [5, 5.41) is 3.31. The number of rotatable bonds is 2. The minimum atomic E-state index is 0.625. The molecule has 0 fully saturated rings. The average Bonchev–Trinajstić information content (AvgIpc) is 1.68. The molecule has 0 amide bonds. The molecule has 9 heavy (non-hydrogen) atoms. The molecule has 0 heterocycles. The molecule has 1 N–H and O–H groups in total. The Kier molecular flexibility index (Phi) is 12.7. The van der Waals surface area contributed by atoms with Gasteiger partial charge < -0.3 is 5.32 Å². The van der Waals surface area contributed by atoms with Gasteiger partial charge in [-0.05, 0) is 0 Å². The first-order valence-corrected chi connectivity index (χ1v) is 5.29. The fourth-order valence-electron chi connectivity index (χ4n) is 0.667. The van der Waals surface area contributed by atoms with Gasteiger partial charge in [0.05, 0.1) is 0 Å². The molecular weight excluding hydrogens is 146 g/mol. The van der Waals surface area contributed by atoms with E-state index >= 15 is 0 Å². The molecule has 0 aliphatic heterocycles. The van der Waals surface area contributed by atoms with Gasteiger partial charge in [-0.15, -0.1) is 0 Å². The predicted molar refractivity (Wildman–Crippen MR) is 45.0 cm³/mol. The fraction of sp³-hybridized carbons (Fsp3) is 1.00. The lowest BCUT2D eigenvalue weighted by molar-refractivity contribution is 0.518. The predicted octanol–water partition coefficient (Wildman–Crippen LogP) is 1.70. The summed E-state index contributed by atoms with van der Waals surface area (Å²) in [5.41, 5.74) is 0. The maximum atomic E-state index is 4.67. The first kappa shape index (κ1) is 12.7. The molecule has 0 atom stereocenters. The third-order valence-corrected chi connectivity index (χ3v) is 0.667. The Morgan fingerprint density at radius 1 is 1.00 bits per heavy atom. The molecule has 0 unspecified atom stereocenters. The second-order valence-electron chi connectivity index (χ2n) is 2.48. The Morgan fingerprint density at radius 2 is 1.22 bits per heavy atom. The van der Waals surface area contributed by atoms with Crippen molar-refractivity contribution in [2.75, 3.05) is 0 Å². The summed E-state index contributed by atoms with van der Waals surface area (Å²) in [6.45, 7) is 8.61. The Balaban J connectivity index is 0. The molecule has 0 aliphatic carbocycles. The smallest absolute Gasteiger partial charge is 0.312 e. The van der Waals surface area contributed by atoms with Gasteiger partial charge in [-0.2, -0.15) is 0 Å². The average molecular weight is 161 g/mol. The van der Waals surface area contributed by atoms with Crippen LogP contribution in [0.15, 0.2) is 0 Å². The SMILES string of the molecule is CC(C)NC(C)C.[Mg+2][Cl]. The Bertz CT molecular complexity index is 42.3. The minimum absolute atomic E-state index is 0.625. The van der Waals surface area contributed by atoms with E-state index in [2.05, 4.69) is 42.1 Å². The van der Waals surface area contributed by atoms with Crippen LogP contribution in [0.1, 0.15) is 27.7 Å². The largest absolute Gasteiger partial charge is 1.59 e. The normalized spacial score (nSPS) is 9.33. The van der Waals surface area contributed by atoms with E-state index in [-0.39, 0.29) is 0 Å². The van der Waals surface area contributed by atoms with Gasteiger partial charge in [0.15, 0.2) is 0 Å². The van der Waals surface area contributed by atoms with Crippen LogP contribution in [-0.4, -0.2) is 32.7 Å². The summed E-state index contributed by atoms with van der Waals surface area (Å²) in [4.78, 5) is 0. The van der Waals surface area contributed by atoms with E-state index in [1.165, 1.54) is 20.6 Å². The van der Waals surface area contributed by atoms with Crippen LogP contribution in [0.5, 0.6) is 0 Å².